The Morgan fingerprint density at radius 3 is 2.21 bits per heavy atom. The number of nitrogens with zero attached hydrogens (tertiary/aromatic N) is 2. The third kappa shape index (κ3) is 3.99. The highest BCUT2D eigenvalue weighted by atomic mass is 19.1. The van der Waals surface area contributed by atoms with Gasteiger partial charge in [0.1, 0.15) is 5.82 Å². The molecule has 4 heteroatoms. The van der Waals surface area contributed by atoms with Crippen LogP contribution >= 0.6 is 0 Å². The summed E-state index contributed by atoms with van der Waals surface area (Å²) >= 11 is 0. The number of aromatic nitrogens is 2. The molecule has 28 heavy (non-hydrogen) atoms. The Kier molecular flexibility index (Phi) is 4.99. The Balaban J connectivity index is 1.53. The summed E-state index contributed by atoms with van der Waals surface area (Å²) in [6.07, 6.45) is 3.34. The van der Waals surface area contributed by atoms with Gasteiger partial charge in [-0.25, -0.2) is 14.4 Å². The van der Waals surface area contributed by atoms with Crippen LogP contribution in [0.2, 0.25) is 0 Å². The molecule has 0 unspecified atom stereocenters. The average Bonchev–Trinajstić information content (AvgIpc) is 2.73. The van der Waals surface area contributed by atoms with Crippen molar-refractivity contribution in [2.45, 2.75) is 6.92 Å². The molecule has 136 valence electrons. The first kappa shape index (κ1) is 17.7. The first-order valence-corrected chi connectivity index (χ1v) is 8.98. The Hall–Kier alpha value is -3.71. The number of rotatable bonds is 3. The number of fused-ring (bicyclic) bond motifs is 1. The van der Waals surface area contributed by atoms with E-state index in [0.29, 0.717) is 18.2 Å². The zero-order chi connectivity index (χ0) is 19.3. The SMILES string of the molecule is CCOc1cnc(-c2ccc(C#Cc3ccc4cc(F)ccc4c3)cc2)nc1. The first-order valence-electron chi connectivity index (χ1n) is 8.98. The lowest BCUT2D eigenvalue weighted by Gasteiger charge is -2.03. The van der Waals surface area contributed by atoms with Crippen LogP contribution in [0.4, 0.5) is 4.39 Å². The van der Waals surface area contributed by atoms with Gasteiger partial charge in [-0.3, -0.25) is 0 Å². The molecule has 0 aliphatic rings. The van der Waals surface area contributed by atoms with Crippen LogP contribution in [0.5, 0.6) is 5.75 Å². The highest BCUT2D eigenvalue weighted by molar-refractivity contribution is 5.84. The molecule has 0 aliphatic carbocycles. The summed E-state index contributed by atoms with van der Waals surface area (Å²) in [5, 5.41) is 1.83. The van der Waals surface area contributed by atoms with E-state index < -0.39 is 0 Å². The standard InChI is InChI=1S/C24H17FN2O/c1-2-28-23-15-26-24(27-16-23)19-8-5-17(6-9-19)3-4-18-7-10-21-14-22(25)12-11-20(21)13-18/h5-16H,2H2,1H3. The van der Waals surface area contributed by atoms with Gasteiger partial charge >= 0.3 is 0 Å². The van der Waals surface area contributed by atoms with Crippen molar-refractivity contribution in [1.29, 1.82) is 0 Å². The van der Waals surface area contributed by atoms with Crippen LogP contribution < -0.4 is 4.74 Å². The Morgan fingerprint density at radius 2 is 1.46 bits per heavy atom. The second-order valence-electron chi connectivity index (χ2n) is 6.21. The van der Waals surface area contributed by atoms with Crippen molar-refractivity contribution in [2.75, 3.05) is 6.61 Å². The van der Waals surface area contributed by atoms with Crippen LogP contribution in [0.15, 0.2) is 73.1 Å². The number of hydrogen-bond donors (Lipinski definition) is 0. The van der Waals surface area contributed by atoms with E-state index in [9.17, 15) is 4.39 Å². The molecule has 0 saturated heterocycles. The zero-order valence-corrected chi connectivity index (χ0v) is 15.3. The fourth-order valence-corrected chi connectivity index (χ4v) is 2.85. The van der Waals surface area contributed by atoms with Gasteiger partial charge in [-0.05, 0) is 66.2 Å². The largest absolute Gasteiger partial charge is 0.491 e. The normalized spacial score (nSPS) is 10.4. The molecule has 0 radical (unpaired) electrons. The molecule has 0 N–H and O–H groups in total. The summed E-state index contributed by atoms with van der Waals surface area (Å²) < 4.78 is 18.6. The smallest absolute Gasteiger partial charge is 0.159 e. The van der Waals surface area contributed by atoms with Crippen molar-refractivity contribution in [3.05, 3.63) is 90.0 Å². The molecule has 3 aromatic carbocycles. The van der Waals surface area contributed by atoms with Gasteiger partial charge in [0.2, 0.25) is 0 Å². The predicted octanol–water partition coefficient (Wildman–Crippen LogP) is 5.23. The maximum Gasteiger partial charge on any atom is 0.159 e. The molecule has 3 nitrogen and oxygen atoms in total. The highest BCUT2D eigenvalue weighted by Gasteiger charge is 2.02. The van der Waals surface area contributed by atoms with Crippen molar-refractivity contribution in [2.24, 2.45) is 0 Å². The molecule has 4 aromatic rings. The third-order valence-electron chi connectivity index (χ3n) is 4.24. The van der Waals surface area contributed by atoms with Crippen LogP contribution in [0.25, 0.3) is 22.2 Å². The van der Waals surface area contributed by atoms with Gasteiger partial charge in [-0.15, -0.1) is 0 Å². The van der Waals surface area contributed by atoms with Gasteiger partial charge in [0.05, 0.1) is 19.0 Å². The Labute approximate surface area is 162 Å². The van der Waals surface area contributed by atoms with Crippen LogP contribution in [0.1, 0.15) is 18.1 Å². The molecule has 0 amide bonds. The van der Waals surface area contributed by atoms with Gasteiger partial charge in [0.15, 0.2) is 11.6 Å². The van der Waals surface area contributed by atoms with Crippen molar-refractivity contribution >= 4 is 10.8 Å². The van der Waals surface area contributed by atoms with E-state index in [0.717, 1.165) is 27.5 Å². The molecule has 1 heterocycles. The quantitative estimate of drug-likeness (QED) is 0.464. The van der Waals surface area contributed by atoms with Gasteiger partial charge in [-0.1, -0.05) is 24.0 Å². The van der Waals surface area contributed by atoms with Gasteiger partial charge in [-0.2, -0.15) is 0 Å². The van der Waals surface area contributed by atoms with Crippen LogP contribution in [0.3, 0.4) is 0 Å². The molecule has 1 aromatic heterocycles. The van der Waals surface area contributed by atoms with Crippen molar-refractivity contribution in [3.63, 3.8) is 0 Å². The molecule has 0 fully saturated rings. The van der Waals surface area contributed by atoms with Crippen molar-refractivity contribution < 1.29 is 9.13 Å². The maximum absolute atomic E-state index is 13.3. The zero-order valence-electron chi connectivity index (χ0n) is 15.3. The van der Waals surface area contributed by atoms with E-state index in [2.05, 4.69) is 21.8 Å². The molecular weight excluding hydrogens is 351 g/mol. The van der Waals surface area contributed by atoms with E-state index in [1.54, 1.807) is 18.5 Å². The minimum absolute atomic E-state index is 0.233. The van der Waals surface area contributed by atoms with Crippen LogP contribution in [0, 0.1) is 17.7 Å². The Bertz CT molecular complexity index is 1170. The number of halogens is 1. The minimum Gasteiger partial charge on any atom is -0.491 e. The average molecular weight is 368 g/mol. The lowest BCUT2D eigenvalue weighted by atomic mass is 10.1. The minimum atomic E-state index is -0.233. The Morgan fingerprint density at radius 1 is 0.821 bits per heavy atom. The molecular formula is C24H17FN2O. The summed E-state index contributed by atoms with van der Waals surface area (Å²) in [5.41, 5.74) is 2.70. The molecule has 0 atom stereocenters. The van der Waals surface area contributed by atoms with E-state index in [4.69, 9.17) is 4.74 Å². The summed E-state index contributed by atoms with van der Waals surface area (Å²) in [6.45, 7) is 2.51. The van der Waals surface area contributed by atoms with Gasteiger partial charge in [0.25, 0.3) is 0 Å². The van der Waals surface area contributed by atoms with Crippen LogP contribution in [-0.2, 0) is 0 Å². The van der Waals surface area contributed by atoms with Gasteiger partial charge in [0, 0.05) is 16.7 Å². The van der Waals surface area contributed by atoms with Crippen molar-refractivity contribution in [3.8, 4) is 29.0 Å². The topological polar surface area (TPSA) is 35.0 Å². The fourth-order valence-electron chi connectivity index (χ4n) is 2.85. The molecule has 0 bridgehead atoms. The van der Waals surface area contributed by atoms with E-state index in [-0.39, 0.29) is 5.82 Å². The highest BCUT2D eigenvalue weighted by Crippen LogP contribution is 2.18. The summed E-state index contributed by atoms with van der Waals surface area (Å²) in [6, 6.07) is 18.3. The number of ether oxygens (including phenoxy) is 1. The molecule has 0 aliphatic heterocycles. The summed E-state index contributed by atoms with van der Waals surface area (Å²) in [4.78, 5) is 8.65. The maximum atomic E-state index is 13.3. The monoisotopic (exact) mass is 368 g/mol. The second kappa shape index (κ2) is 7.89. The second-order valence-corrected chi connectivity index (χ2v) is 6.21. The third-order valence-corrected chi connectivity index (χ3v) is 4.24. The predicted molar refractivity (Wildman–Crippen MR) is 109 cm³/mol. The number of benzene rings is 3. The molecule has 0 spiro atoms. The van der Waals surface area contributed by atoms with Crippen LogP contribution in [-0.4, -0.2) is 16.6 Å². The number of hydrogen-bond acceptors (Lipinski definition) is 3. The van der Waals surface area contributed by atoms with E-state index in [1.165, 1.54) is 12.1 Å². The first-order chi connectivity index (χ1) is 13.7. The van der Waals surface area contributed by atoms with E-state index in [1.807, 2.05) is 49.4 Å². The molecule has 0 saturated carbocycles. The lowest BCUT2D eigenvalue weighted by molar-refractivity contribution is 0.337. The summed E-state index contributed by atoms with van der Waals surface area (Å²) in [7, 11) is 0. The lowest BCUT2D eigenvalue weighted by Crippen LogP contribution is -1.94. The van der Waals surface area contributed by atoms with Gasteiger partial charge < -0.3 is 4.74 Å². The summed E-state index contributed by atoms with van der Waals surface area (Å²) in [5.74, 6) is 7.38. The van der Waals surface area contributed by atoms with E-state index >= 15 is 0 Å². The van der Waals surface area contributed by atoms with Crippen molar-refractivity contribution in [1.82, 2.24) is 9.97 Å². The molecule has 4 rings (SSSR count). The fraction of sp³-hybridized carbons (Fsp3) is 0.0833.